The van der Waals surface area contributed by atoms with E-state index in [2.05, 4.69) is 21.2 Å². The molecule has 4 aromatic rings. The Kier molecular flexibility index (Phi) is 7.79. The number of imide groups is 2. The summed E-state index contributed by atoms with van der Waals surface area (Å²) in [6.45, 7) is 2.40. The van der Waals surface area contributed by atoms with E-state index < -0.39 is 22.8 Å². The SMILES string of the molecule is CCOc1cc(/C=C2\C(=O)NC(=O)N(c3cccc([N+](=O)[O-])c3)C2=O)cc(Br)c1OCc1cccc2ccccc12. The lowest BCUT2D eigenvalue weighted by atomic mass is 10.1. The molecule has 5 rings (SSSR count). The van der Waals surface area contributed by atoms with Gasteiger partial charge in [-0.2, -0.15) is 0 Å². The van der Waals surface area contributed by atoms with Crippen molar-refractivity contribution < 1.29 is 28.8 Å². The van der Waals surface area contributed by atoms with E-state index in [9.17, 15) is 24.5 Å². The van der Waals surface area contributed by atoms with E-state index in [1.54, 1.807) is 12.1 Å². The third kappa shape index (κ3) is 5.66. The van der Waals surface area contributed by atoms with Crippen LogP contribution in [-0.4, -0.2) is 29.4 Å². The van der Waals surface area contributed by atoms with Crippen LogP contribution in [0.25, 0.3) is 16.8 Å². The predicted molar refractivity (Wildman–Crippen MR) is 156 cm³/mol. The number of anilines is 1. The number of fused-ring (bicyclic) bond motifs is 1. The topological polar surface area (TPSA) is 128 Å². The summed E-state index contributed by atoms with van der Waals surface area (Å²) >= 11 is 3.52. The highest BCUT2D eigenvalue weighted by molar-refractivity contribution is 9.10. The van der Waals surface area contributed by atoms with Gasteiger partial charge in [-0.05, 0) is 69.0 Å². The van der Waals surface area contributed by atoms with E-state index in [0.29, 0.717) is 33.0 Å². The Labute approximate surface area is 242 Å². The van der Waals surface area contributed by atoms with E-state index in [-0.39, 0.29) is 23.6 Å². The average Bonchev–Trinajstić information content (AvgIpc) is 2.95. The van der Waals surface area contributed by atoms with Crippen molar-refractivity contribution in [3.05, 3.63) is 110 Å². The predicted octanol–water partition coefficient (Wildman–Crippen LogP) is 6.15. The first-order valence-corrected chi connectivity index (χ1v) is 13.3. The second kappa shape index (κ2) is 11.6. The van der Waals surface area contributed by atoms with Crippen LogP contribution < -0.4 is 19.7 Å². The first-order valence-electron chi connectivity index (χ1n) is 12.5. The van der Waals surface area contributed by atoms with Crippen molar-refractivity contribution in [2.45, 2.75) is 13.5 Å². The molecule has 0 aliphatic carbocycles. The zero-order chi connectivity index (χ0) is 29.1. The third-order valence-electron chi connectivity index (χ3n) is 6.30. The number of carbonyl (C=O) groups excluding carboxylic acids is 3. The molecule has 206 valence electrons. The maximum Gasteiger partial charge on any atom is 0.335 e. The van der Waals surface area contributed by atoms with Crippen molar-refractivity contribution in [2.75, 3.05) is 11.5 Å². The Balaban J connectivity index is 1.47. The smallest absolute Gasteiger partial charge is 0.335 e. The quantitative estimate of drug-likeness (QED) is 0.109. The molecule has 41 heavy (non-hydrogen) atoms. The van der Waals surface area contributed by atoms with Gasteiger partial charge < -0.3 is 9.47 Å². The zero-order valence-corrected chi connectivity index (χ0v) is 23.2. The number of nitrogens with one attached hydrogen (secondary N) is 1. The second-order valence-electron chi connectivity index (χ2n) is 8.92. The summed E-state index contributed by atoms with van der Waals surface area (Å²) in [4.78, 5) is 49.7. The normalized spacial score (nSPS) is 14.3. The highest BCUT2D eigenvalue weighted by Gasteiger charge is 2.37. The molecule has 0 radical (unpaired) electrons. The third-order valence-corrected chi connectivity index (χ3v) is 6.88. The lowest BCUT2D eigenvalue weighted by Crippen LogP contribution is -2.54. The molecular formula is C30H22BrN3O7. The number of benzene rings is 4. The number of hydrogen-bond acceptors (Lipinski definition) is 7. The van der Waals surface area contributed by atoms with Crippen LogP contribution in [0.5, 0.6) is 11.5 Å². The van der Waals surface area contributed by atoms with Crippen LogP contribution in [-0.2, 0) is 16.2 Å². The number of carbonyl (C=O) groups is 3. The van der Waals surface area contributed by atoms with Crippen molar-refractivity contribution in [3.63, 3.8) is 0 Å². The minimum absolute atomic E-state index is 0.0477. The molecular weight excluding hydrogens is 594 g/mol. The Morgan fingerprint density at radius 2 is 1.73 bits per heavy atom. The molecule has 11 heteroatoms. The van der Waals surface area contributed by atoms with Gasteiger partial charge in [0.2, 0.25) is 0 Å². The van der Waals surface area contributed by atoms with Crippen LogP contribution in [0.1, 0.15) is 18.1 Å². The molecule has 1 fully saturated rings. The number of nitro groups is 1. The fraction of sp³-hybridized carbons (Fsp3) is 0.100. The van der Waals surface area contributed by atoms with Gasteiger partial charge in [0, 0.05) is 12.1 Å². The Bertz CT molecular complexity index is 1750. The Morgan fingerprint density at radius 3 is 2.51 bits per heavy atom. The molecule has 1 aliphatic rings. The lowest BCUT2D eigenvalue weighted by molar-refractivity contribution is -0.384. The van der Waals surface area contributed by atoms with E-state index in [4.69, 9.17) is 9.47 Å². The summed E-state index contributed by atoms with van der Waals surface area (Å²) in [6.07, 6.45) is 1.32. The van der Waals surface area contributed by atoms with Gasteiger partial charge in [-0.3, -0.25) is 25.0 Å². The number of amides is 4. The molecule has 0 bridgehead atoms. The summed E-state index contributed by atoms with van der Waals surface area (Å²) in [5.74, 6) is -1.00. The van der Waals surface area contributed by atoms with Crippen LogP contribution in [0.2, 0.25) is 0 Å². The molecule has 1 heterocycles. The van der Waals surface area contributed by atoms with Gasteiger partial charge in [-0.1, -0.05) is 48.5 Å². The molecule has 0 atom stereocenters. The first-order chi connectivity index (χ1) is 19.8. The molecule has 0 saturated carbocycles. The monoisotopic (exact) mass is 615 g/mol. The fourth-order valence-electron chi connectivity index (χ4n) is 4.45. The first kappa shape index (κ1) is 27.5. The van der Waals surface area contributed by atoms with Crippen molar-refractivity contribution in [3.8, 4) is 11.5 Å². The lowest BCUT2D eigenvalue weighted by Gasteiger charge is -2.26. The molecule has 1 aliphatic heterocycles. The molecule has 10 nitrogen and oxygen atoms in total. The highest BCUT2D eigenvalue weighted by atomic mass is 79.9. The molecule has 0 spiro atoms. The van der Waals surface area contributed by atoms with Gasteiger partial charge in [0.05, 0.1) is 21.7 Å². The Hall–Kier alpha value is -5.03. The van der Waals surface area contributed by atoms with Crippen LogP contribution in [0, 0.1) is 10.1 Å². The van der Waals surface area contributed by atoms with Crippen molar-refractivity contribution in [1.82, 2.24) is 5.32 Å². The number of ether oxygens (including phenoxy) is 2. The van der Waals surface area contributed by atoms with Gasteiger partial charge in [0.1, 0.15) is 12.2 Å². The number of barbiturate groups is 1. The minimum Gasteiger partial charge on any atom is -0.490 e. The van der Waals surface area contributed by atoms with E-state index in [1.807, 2.05) is 49.4 Å². The van der Waals surface area contributed by atoms with Crippen LogP contribution in [0.3, 0.4) is 0 Å². The Morgan fingerprint density at radius 1 is 0.976 bits per heavy atom. The second-order valence-corrected chi connectivity index (χ2v) is 9.78. The molecule has 4 amide bonds. The van der Waals surface area contributed by atoms with Gasteiger partial charge in [-0.15, -0.1) is 0 Å². The molecule has 0 aromatic heterocycles. The van der Waals surface area contributed by atoms with Crippen molar-refractivity contribution in [2.24, 2.45) is 0 Å². The van der Waals surface area contributed by atoms with Gasteiger partial charge >= 0.3 is 6.03 Å². The molecule has 1 N–H and O–H groups in total. The maximum atomic E-state index is 13.3. The van der Waals surface area contributed by atoms with Crippen LogP contribution in [0.4, 0.5) is 16.2 Å². The average molecular weight is 616 g/mol. The van der Waals surface area contributed by atoms with Crippen LogP contribution >= 0.6 is 15.9 Å². The summed E-state index contributed by atoms with van der Waals surface area (Å²) in [5, 5.41) is 15.5. The number of urea groups is 1. The zero-order valence-electron chi connectivity index (χ0n) is 21.6. The number of rotatable bonds is 8. The molecule has 0 unspecified atom stereocenters. The summed E-state index contributed by atoms with van der Waals surface area (Å²) in [7, 11) is 0. The van der Waals surface area contributed by atoms with Gasteiger partial charge in [-0.25, -0.2) is 9.69 Å². The summed E-state index contributed by atoms with van der Waals surface area (Å²) < 4.78 is 12.5. The van der Waals surface area contributed by atoms with Crippen molar-refractivity contribution in [1.29, 1.82) is 0 Å². The number of hydrogen-bond donors (Lipinski definition) is 1. The summed E-state index contributed by atoms with van der Waals surface area (Å²) in [6, 6.07) is 21.2. The fourth-order valence-corrected chi connectivity index (χ4v) is 5.02. The van der Waals surface area contributed by atoms with Crippen LogP contribution in [0.15, 0.2) is 88.9 Å². The van der Waals surface area contributed by atoms with Gasteiger partial charge in [0.25, 0.3) is 17.5 Å². The van der Waals surface area contributed by atoms with E-state index in [1.165, 1.54) is 24.3 Å². The molecule has 1 saturated heterocycles. The largest absolute Gasteiger partial charge is 0.490 e. The van der Waals surface area contributed by atoms with E-state index >= 15 is 0 Å². The number of nitro benzene ring substituents is 1. The number of non-ortho nitro benzene ring substituents is 1. The van der Waals surface area contributed by atoms with E-state index in [0.717, 1.165) is 22.4 Å². The number of halogens is 1. The molecule has 4 aromatic carbocycles. The number of nitrogens with zero attached hydrogens (tertiary/aromatic N) is 2. The van der Waals surface area contributed by atoms with Gasteiger partial charge in [0.15, 0.2) is 11.5 Å². The standard InChI is InChI=1S/C30H22BrN3O7/c1-2-40-26-15-18(14-25(31)27(26)41-17-20-9-5-8-19-7-3-4-12-23(19)20)13-24-28(35)32-30(37)33(29(24)36)21-10-6-11-22(16-21)34(38)39/h3-16H,2,17H2,1H3,(H,32,35,37)/b24-13+. The maximum absolute atomic E-state index is 13.3. The van der Waals surface area contributed by atoms with Crippen molar-refractivity contribution >= 4 is 62.0 Å². The minimum atomic E-state index is -1.01. The highest BCUT2D eigenvalue weighted by Crippen LogP contribution is 2.39. The summed E-state index contributed by atoms with van der Waals surface area (Å²) in [5.41, 5.74) is 0.710.